The van der Waals surface area contributed by atoms with E-state index in [1.165, 1.54) is 7.11 Å². The summed E-state index contributed by atoms with van der Waals surface area (Å²) in [6.07, 6.45) is 0. The first-order chi connectivity index (χ1) is 8.61. The van der Waals surface area contributed by atoms with E-state index in [0.29, 0.717) is 5.82 Å². The molecular formula is C12H14N4O2. The Morgan fingerprint density at radius 2 is 1.83 bits per heavy atom. The number of aryl methyl sites for hydroxylation is 2. The normalized spacial score (nSPS) is 10.2. The van der Waals surface area contributed by atoms with Gasteiger partial charge in [-0.1, -0.05) is 0 Å². The third-order valence-electron chi connectivity index (χ3n) is 2.56. The summed E-state index contributed by atoms with van der Waals surface area (Å²) in [6.45, 7) is 3.96. The van der Waals surface area contributed by atoms with Crippen LogP contribution in [0.25, 0.3) is 0 Å². The molecule has 0 amide bonds. The fraction of sp³-hybridized carbons (Fsp3) is 0.250. The van der Waals surface area contributed by atoms with Gasteiger partial charge in [0.25, 0.3) is 0 Å². The Kier molecular flexibility index (Phi) is 3.27. The minimum Gasteiger partial charge on any atom is -0.464 e. The molecule has 0 atom stereocenters. The minimum absolute atomic E-state index is 0.184. The number of nitrogens with zero attached hydrogens (tertiary/aromatic N) is 3. The number of nitrogens with one attached hydrogen (secondary N) is 1. The zero-order chi connectivity index (χ0) is 13.1. The lowest BCUT2D eigenvalue weighted by Gasteiger charge is -2.11. The molecule has 0 radical (unpaired) electrons. The van der Waals surface area contributed by atoms with Gasteiger partial charge < -0.3 is 4.74 Å². The lowest BCUT2D eigenvalue weighted by molar-refractivity contribution is 0.0593. The quantitative estimate of drug-likeness (QED) is 0.832. The number of rotatable bonds is 3. The van der Waals surface area contributed by atoms with Gasteiger partial charge >= 0.3 is 5.97 Å². The topological polar surface area (TPSA) is 69.0 Å². The number of hydrogen-bond acceptors (Lipinski definition) is 5. The number of methoxy groups -OCH3 is 1. The van der Waals surface area contributed by atoms with Gasteiger partial charge in [-0.05, 0) is 38.1 Å². The highest BCUT2D eigenvalue weighted by atomic mass is 16.5. The first-order valence-electron chi connectivity index (χ1n) is 5.46. The summed E-state index contributed by atoms with van der Waals surface area (Å²) in [4.78, 5) is 11.2. The van der Waals surface area contributed by atoms with Crippen LogP contribution in [0.3, 0.4) is 0 Å². The Morgan fingerprint density at radius 3 is 2.33 bits per heavy atom. The summed E-state index contributed by atoms with van der Waals surface area (Å²) < 4.78 is 6.44. The van der Waals surface area contributed by atoms with Gasteiger partial charge in [0.1, 0.15) is 0 Å². The average Bonchev–Trinajstić information content (AvgIpc) is 2.70. The molecule has 1 N–H and O–H groups in total. The standard InChI is InChI=1S/C12H14N4O2/c1-8-4-5-9(2)16(8)15-11-7-6-10(13-14-11)12(17)18-3/h4-7H,1-3H3,(H,14,15). The average molecular weight is 246 g/mol. The molecule has 0 aliphatic heterocycles. The van der Waals surface area contributed by atoms with E-state index in [1.807, 2.05) is 30.7 Å². The van der Waals surface area contributed by atoms with Crippen molar-refractivity contribution >= 4 is 11.8 Å². The van der Waals surface area contributed by atoms with E-state index in [0.717, 1.165) is 11.4 Å². The van der Waals surface area contributed by atoms with Gasteiger partial charge in [0, 0.05) is 11.4 Å². The van der Waals surface area contributed by atoms with Crippen molar-refractivity contribution in [3.05, 3.63) is 41.3 Å². The number of ether oxygens (including phenoxy) is 1. The maximum Gasteiger partial charge on any atom is 0.358 e. The maximum absolute atomic E-state index is 11.2. The van der Waals surface area contributed by atoms with Crippen LogP contribution in [0.1, 0.15) is 21.9 Å². The van der Waals surface area contributed by atoms with E-state index in [1.54, 1.807) is 12.1 Å². The first-order valence-corrected chi connectivity index (χ1v) is 5.46. The van der Waals surface area contributed by atoms with Crippen LogP contribution in [0.2, 0.25) is 0 Å². The number of hydrogen-bond donors (Lipinski definition) is 1. The Hall–Kier alpha value is -2.37. The molecule has 0 aromatic carbocycles. The highest BCUT2D eigenvalue weighted by Gasteiger charge is 2.08. The zero-order valence-corrected chi connectivity index (χ0v) is 10.5. The van der Waals surface area contributed by atoms with Crippen molar-refractivity contribution in [2.45, 2.75) is 13.8 Å². The smallest absolute Gasteiger partial charge is 0.358 e. The van der Waals surface area contributed by atoms with Gasteiger partial charge in [-0.25, -0.2) is 4.79 Å². The first kappa shape index (κ1) is 12.1. The van der Waals surface area contributed by atoms with Crippen molar-refractivity contribution in [2.75, 3.05) is 12.5 Å². The van der Waals surface area contributed by atoms with Crippen LogP contribution in [0.5, 0.6) is 0 Å². The second-order valence-corrected chi connectivity index (χ2v) is 3.86. The van der Waals surface area contributed by atoms with Crippen molar-refractivity contribution in [2.24, 2.45) is 0 Å². The van der Waals surface area contributed by atoms with Crippen molar-refractivity contribution < 1.29 is 9.53 Å². The number of carbonyl (C=O) groups excluding carboxylic acids is 1. The number of carbonyl (C=O) groups is 1. The molecule has 0 bridgehead atoms. The Balaban J connectivity index is 2.18. The minimum atomic E-state index is -0.498. The van der Waals surface area contributed by atoms with Gasteiger partial charge in [0.15, 0.2) is 11.5 Å². The highest BCUT2D eigenvalue weighted by molar-refractivity contribution is 5.86. The van der Waals surface area contributed by atoms with Crippen LogP contribution in [0, 0.1) is 13.8 Å². The van der Waals surface area contributed by atoms with Crippen molar-refractivity contribution in [3.8, 4) is 0 Å². The lowest BCUT2D eigenvalue weighted by Crippen LogP contribution is -2.14. The molecule has 0 aliphatic carbocycles. The van der Waals surface area contributed by atoms with Gasteiger partial charge in [-0.3, -0.25) is 10.1 Å². The SMILES string of the molecule is COC(=O)c1ccc(Nn2c(C)ccc2C)nn1. The van der Waals surface area contributed by atoms with Gasteiger partial charge in [-0.2, -0.15) is 0 Å². The molecule has 2 aromatic heterocycles. The van der Waals surface area contributed by atoms with Crippen LogP contribution < -0.4 is 5.43 Å². The third kappa shape index (κ3) is 2.32. The summed E-state index contributed by atoms with van der Waals surface area (Å²) >= 11 is 0. The molecule has 0 unspecified atom stereocenters. The molecule has 0 saturated heterocycles. The second-order valence-electron chi connectivity index (χ2n) is 3.86. The predicted molar refractivity (Wildman–Crippen MR) is 66.3 cm³/mol. The van der Waals surface area contributed by atoms with Crippen LogP contribution in [-0.2, 0) is 4.74 Å². The number of anilines is 1. The maximum atomic E-state index is 11.2. The Labute approximate surface area is 105 Å². The molecule has 6 nitrogen and oxygen atoms in total. The van der Waals surface area contributed by atoms with Crippen molar-refractivity contribution in [1.29, 1.82) is 0 Å². The fourth-order valence-corrected chi connectivity index (χ4v) is 1.56. The molecule has 0 aliphatic rings. The lowest BCUT2D eigenvalue weighted by atomic mass is 10.4. The number of esters is 1. The van der Waals surface area contributed by atoms with E-state index >= 15 is 0 Å². The van der Waals surface area contributed by atoms with Gasteiger partial charge in [-0.15, -0.1) is 10.2 Å². The van der Waals surface area contributed by atoms with Gasteiger partial charge in [0.05, 0.1) is 7.11 Å². The fourth-order valence-electron chi connectivity index (χ4n) is 1.56. The molecule has 94 valence electrons. The molecule has 2 rings (SSSR count). The van der Waals surface area contributed by atoms with E-state index in [9.17, 15) is 4.79 Å². The van der Waals surface area contributed by atoms with Gasteiger partial charge in [0.2, 0.25) is 0 Å². The Bertz CT molecular complexity index is 540. The zero-order valence-electron chi connectivity index (χ0n) is 10.5. The molecule has 18 heavy (non-hydrogen) atoms. The Morgan fingerprint density at radius 1 is 1.17 bits per heavy atom. The van der Waals surface area contributed by atoms with Crippen LogP contribution in [0.4, 0.5) is 5.82 Å². The molecule has 0 saturated carbocycles. The van der Waals surface area contributed by atoms with E-state index in [2.05, 4.69) is 20.4 Å². The molecule has 6 heteroatoms. The summed E-state index contributed by atoms with van der Waals surface area (Å²) in [7, 11) is 1.31. The van der Waals surface area contributed by atoms with Crippen molar-refractivity contribution in [3.63, 3.8) is 0 Å². The molecule has 0 fully saturated rings. The summed E-state index contributed by atoms with van der Waals surface area (Å²) in [6, 6.07) is 7.24. The summed E-state index contributed by atoms with van der Waals surface area (Å²) in [5.41, 5.74) is 5.40. The predicted octanol–water partition coefficient (Wildman–Crippen LogP) is 1.56. The monoisotopic (exact) mass is 246 g/mol. The molecule has 2 aromatic rings. The van der Waals surface area contributed by atoms with Crippen molar-refractivity contribution in [1.82, 2.24) is 14.9 Å². The van der Waals surface area contributed by atoms with Crippen LogP contribution in [0.15, 0.2) is 24.3 Å². The molecular weight excluding hydrogens is 232 g/mol. The third-order valence-corrected chi connectivity index (χ3v) is 2.56. The van der Waals surface area contributed by atoms with Crippen LogP contribution >= 0.6 is 0 Å². The molecule has 0 spiro atoms. The second kappa shape index (κ2) is 4.87. The van der Waals surface area contributed by atoms with E-state index in [-0.39, 0.29) is 5.69 Å². The summed E-state index contributed by atoms with van der Waals surface area (Å²) in [5.74, 6) is 0.0624. The van der Waals surface area contributed by atoms with E-state index in [4.69, 9.17) is 0 Å². The summed E-state index contributed by atoms with van der Waals surface area (Å²) in [5, 5.41) is 7.71. The molecule has 2 heterocycles. The number of aromatic nitrogens is 3. The highest BCUT2D eigenvalue weighted by Crippen LogP contribution is 2.09. The largest absolute Gasteiger partial charge is 0.464 e. The van der Waals surface area contributed by atoms with E-state index < -0.39 is 5.97 Å². The van der Waals surface area contributed by atoms with Crippen LogP contribution in [-0.4, -0.2) is 28.0 Å².